The van der Waals surface area contributed by atoms with Gasteiger partial charge in [0.25, 0.3) is 8.32 Å². The maximum Gasteiger partial charge on any atom is 0.306 e. The van der Waals surface area contributed by atoms with Crippen LogP contribution in [0.5, 0.6) is 0 Å². The predicted octanol–water partition coefficient (Wildman–Crippen LogP) is 6.10. The van der Waals surface area contributed by atoms with Gasteiger partial charge < -0.3 is 18.6 Å². The number of carbonyl (C=O) groups is 1. The smallest absolute Gasteiger partial charge is 0.306 e. The van der Waals surface area contributed by atoms with Crippen LogP contribution in [0, 0.1) is 5.92 Å². The highest BCUT2D eigenvalue weighted by molar-refractivity contribution is 6.99. The van der Waals surface area contributed by atoms with Crippen molar-refractivity contribution in [2.75, 3.05) is 20.0 Å². The van der Waals surface area contributed by atoms with Gasteiger partial charge >= 0.3 is 5.97 Å². The van der Waals surface area contributed by atoms with E-state index in [1.54, 1.807) is 0 Å². The fourth-order valence-electron chi connectivity index (χ4n) is 4.80. The standard InChI is InChI=1S/C33H44O5Si/c1-32(2,3)38-31(34)22-28(24-36-26-35-23-27-16-10-7-11-17-27)25-37-39(33(4,5)6,29-18-12-8-13-19-29)30-20-14-9-15-21-30/h7-21,28H,22-26H2,1-6H3/t28-/m0/s1. The Balaban J connectivity index is 1.79. The highest BCUT2D eigenvalue weighted by Gasteiger charge is 2.50. The molecule has 3 aromatic rings. The van der Waals surface area contributed by atoms with Crippen molar-refractivity contribution in [3.8, 4) is 0 Å². The first-order chi connectivity index (χ1) is 18.5. The Kier molecular flexibility index (Phi) is 11.1. The van der Waals surface area contributed by atoms with Crippen LogP contribution in [-0.2, 0) is 30.0 Å². The number of hydrogen-bond donors (Lipinski definition) is 0. The Morgan fingerprint density at radius 1 is 0.718 bits per heavy atom. The highest BCUT2D eigenvalue weighted by atomic mass is 28.4. The van der Waals surface area contributed by atoms with Gasteiger partial charge in [0.15, 0.2) is 0 Å². The van der Waals surface area contributed by atoms with Gasteiger partial charge in [0.1, 0.15) is 12.4 Å². The van der Waals surface area contributed by atoms with E-state index in [9.17, 15) is 4.79 Å². The Labute approximate surface area is 235 Å². The molecule has 0 amide bonds. The molecule has 3 aromatic carbocycles. The molecule has 0 aliphatic carbocycles. The quantitative estimate of drug-likeness (QED) is 0.112. The molecule has 3 rings (SSSR count). The topological polar surface area (TPSA) is 54.0 Å². The van der Waals surface area contributed by atoms with Gasteiger partial charge in [-0.05, 0) is 41.7 Å². The van der Waals surface area contributed by atoms with Crippen molar-refractivity contribution in [2.45, 2.75) is 65.2 Å². The van der Waals surface area contributed by atoms with E-state index in [-0.39, 0.29) is 30.1 Å². The van der Waals surface area contributed by atoms with Crippen LogP contribution in [0.25, 0.3) is 0 Å². The molecular weight excluding hydrogens is 504 g/mol. The van der Waals surface area contributed by atoms with Gasteiger partial charge in [-0.1, -0.05) is 112 Å². The van der Waals surface area contributed by atoms with Crippen molar-refractivity contribution >= 4 is 24.7 Å². The highest BCUT2D eigenvalue weighted by Crippen LogP contribution is 2.37. The van der Waals surface area contributed by atoms with Crippen LogP contribution in [0.3, 0.4) is 0 Å². The Bertz CT molecular complexity index is 1080. The molecule has 39 heavy (non-hydrogen) atoms. The summed E-state index contributed by atoms with van der Waals surface area (Å²) in [4.78, 5) is 12.9. The first-order valence-electron chi connectivity index (χ1n) is 13.7. The average Bonchev–Trinajstić information content (AvgIpc) is 2.88. The molecule has 1 atom stereocenters. The molecule has 0 aliphatic rings. The third-order valence-corrected chi connectivity index (χ3v) is 11.5. The van der Waals surface area contributed by atoms with Crippen molar-refractivity contribution in [1.82, 2.24) is 0 Å². The molecule has 0 saturated heterocycles. The number of esters is 1. The van der Waals surface area contributed by atoms with E-state index in [0.717, 1.165) is 5.56 Å². The normalized spacial score (nSPS) is 13.2. The lowest BCUT2D eigenvalue weighted by Crippen LogP contribution is -2.67. The van der Waals surface area contributed by atoms with Crippen molar-refractivity contribution in [1.29, 1.82) is 0 Å². The maximum atomic E-state index is 12.9. The van der Waals surface area contributed by atoms with Crippen LogP contribution in [-0.4, -0.2) is 39.9 Å². The van der Waals surface area contributed by atoms with Gasteiger partial charge in [-0.3, -0.25) is 4.79 Å². The maximum absolute atomic E-state index is 12.9. The summed E-state index contributed by atoms with van der Waals surface area (Å²) in [5.41, 5.74) is 0.529. The summed E-state index contributed by atoms with van der Waals surface area (Å²) in [5, 5.41) is 2.24. The first-order valence-corrected chi connectivity index (χ1v) is 15.6. The molecule has 0 saturated carbocycles. The summed E-state index contributed by atoms with van der Waals surface area (Å²) in [7, 11) is -2.75. The summed E-state index contributed by atoms with van der Waals surface area (Å²) in [5.74, 6) is -0.450. The second-order valence-electron chi connectivity index (χ2n) is 12.0. The zero-order valence-corrected chi connectivity index (χ0v) is 25.3. The summed E-state index contributed by atoms with van der Waals surface area (Å²) in [6.07, 6.45) is 0.203. The number of hydrogen-bond acceptors (Lipinski definition) is 5. The van der Waals surface area contributed by atoms with Crippen LogP contribution < -0.4 is 10.4 Å². The molecule has 0 N–H and O–H groups in total. The molecule has 0 aromatic heterocycles. The van der Waals surface area contributed by atoms with Crippen LogP contribution >= 0.6 is 0 Å². The third kappa shape index (κ3) is 9.14. The third-order valence-electron chi connectivity index (χ3n) is 6.46. The number of benzene rings is 3. The van der Waals surface area contributed by atoms with Crippen molar-refractivity contribution in [3.63, 3.8) is 0 Å². The van der Waals surface area contributed by atoms with Gasteiger partial charge in [0.2, 0.25) is 0 Å². The zero-order valence-electron chi connectivity index (χ0n) is 24.3. The molecule has 0 heterocycles. The minimum Gasteiger partial charge on any atom is -0.460 e. The van der Waals surface area contributed by atoms with Crippen LogP contribution in [0.4, 0.5) is 0 Å². The minimum absolute atomic E-state index is 0.138. The average molecular weight is 549 g/mol. The largest absolute Gasteiger partial charge is 0.460 e. The Morgan fingerprint density at radius 3 is 1.72 bits per heavy atom. The van der Waals surface area contributed by atoms with Crippen molar-refractivity contribution in [3.05, 3.63) is 96.6 Å². The van der Waals surface area contributed by atoms with Crippen molar-refractivity contribution in [2.24, 2.45) is 5.92 Å². The number of ether oxygens (including phenoxy) is 3. The summed E-state index contributed by atoms with van der Waals surface area (Å²) < 4.78 is 24.4. The molecule has 0 spiro atoms. The molecule has 0 bridgehead atoms. The monoisotopic (exact) mass is 548 g/mol. The van der Waals surface area contributed by atoms with Crippen LogP contribution in [0.15, 0.2) is 91.0 Å². The molecule has 0 aliphatic heterocycles. The van der Waals surface area contributed by atoms with E-state index in [4.69, 9.17) is 18.6 Å². The predicted molar refractivity (Wildman–Crippen MR) is 160 cm³/mol. The summed E-state index contributed by atoms with van der Waals surface area (Å²) in [6, 6.07) is 31.0. The molecular formula is C33H44O5Si. The SMILES string of the molecule is CC(C)(C)OC(=O)C[C@@H](COCOCc1ccccc1)CO[Si](c1ccccc1)(c1ccccc1)C(C)(C)C. The summed E-state index contributed by atoms with van der Waals surface area (Å²) in [6.45, 7) is 13.7. The van der Waals surface area contributed by atoms with Gasteiger partial charge in [-0.15, -0.1) is 0 Å². The van der Waals surface area contributed by atoms with E-state index < -0.39 is 13.9 Å². The first kappa shape index (κ1) is 30.8. The van der Waals surface area contributed by atoms with Crippen LogP contribution in [0.1, 0.15) is 53.5 Å². The van der Waals surface area contributed by atoms with Gasteiger partial charge in [-0.25, -0.2) is 0 Å². The number of rotatable bonds is 13. The second kappa shape index (κ2) is 14.0. The fourth-order valence-corrected chi connectivity index (χ4v) is 9.44. The van der Waals surface area contributed by atoms with Gasteiger partial charge in [0, 0.05) is 12.5 Å². The Hall–Kier alpha value is -2.77. The summed E-state index contributed by atoms with van der Waals surface area (Å²) >= 11 is 0. The van der Waals surface area contributed by atoms with Gasteiger partial charge in [-0.2, -0.15) is 0 Å². The molecule has 210 valence electrons. The second-order valence-corrected chi connectivity index (χ2v) is 16.3. The van der Waals surface area contributed by atoms with E-state index >= 15 is 0 Å². The lowest BCUT2D eigenvalue weighted by molar-refractivity contribution is -0.157. The van der Waals surface area contributed by atoms with E-state index in [2.05, 4.69) is 69.3 Å². The fraction of sp³-hybridized carbons (Fsp3) is 0.424. The molecule has 6 heteroatoms. The molecule has 0 unspecified atom stereocenters. The molecule has 0 radical (unpaired) electrons. The molecule has 0 fully saturated rings. The van der Waals surface area contributed by atoms with E-state index in [1.165, 1.54) is 10.4 Å². The molecule has 5 nitrogen and oxygen atoms in total. The lowest BCUT2D eigenvalue weighted by atomic mass is 10.1. The number of carbonyl (C=O) groups excluding carboxylic acids is 1. The van der Waals surface area contributed by atoms with Crippen LogP contribution in [0.2, 0.25) is 5.04 Å². The lowest BCUT2D eigenvalue weighted by Gasteiger charge is -2.43. The Morgan fingerprint density at radius 2 is 1.23 bits per heavy atom. The van der Waals surface area contributed by atoms with Gasteiger partial charge in [0.05, 0.1) is 19.6 Å². The zero-order chi connectivity index (χ0) is 28.4. The van der Waals surface area contributed by atoms with E-state index in [0.29, 0.717) is 19.8 Å². The minimum atomic E-state index is -2.75. The van der Waals surface area contributed by atoms with Crippen molar-refractivity contribution < 1.29 is 23.4 Å². The van der Waals surface area contributed by atoms with E-state index in [1.807, 2.05) is 63.2 Å².